The molecule has 0 fully saturated rings. The summed E-state index contributed by atoms with van der Waals surface area (Å²) in [4.78, 5) is 0. The Morgan fingerprint density at radius 1 is 0.714 bits per heavy atom. The standard InChI is InChI=1S/C21H28/c1-5-16(3)20-13-12-19(15-21(20)17(4)6-2)14-18-10-8-7-9-11-18/h7-13,15-17H,5-6,14H2,1-4H3. The molecule has 0 amide bonds. The summed E-state index contributed by atoms with van der Waals surface area (Å²) in [5.74, 6) is 1.30. The van der Waals surface area contributed by atoms with Crippen LogP contribution in [0.25, 0.3) is 0 Å². The molecule has 0 aliphatic heterocycles. The predicted octanol–water partition coefficient (Wildman–Crippen LogP) is 6.30. The van der Waals surface area contributed by atoms with Gasteiger partial charge in [0.15, 0.2) is 0 Å². The fraction of sp³-hybridized carbons (Fsp3) is 0.429. The van der Waals surface area contributed by atoms with Crippen LogP contribution >= 0.6 is 0 Å². The molecule has 0 aliphatic rings. The van der Waals surface area contributed by atoms with E-state index in [0.717, 1.165) is 6.42 Å². The van der Waals surface area contributed by atoms with Gasteiger partial charge in [0.2, 0.25) is 0 Å². The van der Waals surface area contributed by atoms with Crippen molar-refractivity contribution in [3.05, 3.63) is 70.8 Å². The maximum atomic E-state index is 2.45. The average Bonchev–Trinajstić information content (AvgIpc) is 2.54. The van der Waals surface area contributed by atoms with E-state index in [1.807, 2.05) is 0 Å². The van der Waals surface area contributed by atoms with Gasteiger partial charge < -0.3 is 0 Å². The van der Waals surface area contributed by atoms with Crippen LogP contribution < -0.4 is 0 Å². The first-order chi connectivity index (χ1) is 10.2. The van der Waals surface area contributed by atoms with Gasteiger partial charge in [0.25, 0.3) is 0 Å². The van der Waals surface area contributed by atoms with Crippen molar-refractivity contribution in [2.24, 2.45) is 0 Å². The highest BCUT2D eigenvalue weighted by Crippen LogP contribution is 2.31. The first kappa shape index (κ1) is 15.8. The molecular weight excluding hydrogens is 252 g/mol. The predicted molar refractivity (Wildman–Crippen MR) is 93.1 cm³/mol. The Hall–Kier alpha value is -1.56. The second-order valence-corrected chi connectivity index (χ2v) is 6.24. The molecule has 112 valence electrons. The van der Waals surface area contributed by atoms with E-state index in [1.165, 1.54) is 24.0 Å². The third-order valence-corrected chi connectivity index (χ3v) is 4.69. The maximum Gasteiger partial charge on any atom is -0.00257 e. The van der Waals surface area contributed by atoms with Crippen LogP contribution in [0.3, 0.4) is 0 Å². The summed E-state index contributed by atoms with van der Waals surface area (Å²) in [7, 11) is 0. The van der Waals surface area contributed by atoms with Crippen molar-refractivity contribution in [3.8, 4) is 0 Å². The molecule has 0 aromatic heterocycles. The monoisotopic (exact) mass is 280 g/mol. The van der Waals surface area contributed by atoms with Gasteiger partial charge in [-0.1, -0.05) is 76.2 Å². The lowest BCUT2D eigenvalue weighted by atomic mass is 9.85. The fourth-order valence-electron chi connectivity index (χ4n) is 2.88. The Balaban J connectivity index is 2.32. The highest BCUT2D eigenvalue weighted by atomic mass is 14.2. The van der Waals surface area contributed by atoms with Crippen molar-refractivity contribution in [1.29, 1.82) is 0 Å². The molecule has 0 heteroatoms. The highest BCUT2D eigenvalue weighted by molar-refractivity contribution is 5.38. The lowest BCUT2D eigenvalue weighted by molar-refractivity contribution is 0.675. The summed E-state index contributed by atoms with van der Waals surface area (Å²) in [5.41, 5.74) is 5.93. The van der Waals surface area contributed by atoms with Crippen LogP contribution in [0.15, 0.2) is 48.5 Å². The topological polar surface area (TPSA) is 0 Å². The molecule has 0 nitrogen and oxygen atoms in total. The van der Waals surface area contributed by atoms with E-state index in [-0.39, 0.29) is 0 Å². The summed E-state index contributed by atoms with van der Waals surface area (Å²) in [6.07, 6.45) is 3.45. The van der Waals surface area contributed by atoms with Crippen molar-refractivity contribution >= 4 is 0 Å². The molecule has 21 heavy (non-hydrogen) atoms. The van der Waals surface area contributed by atoms with Gasteiger partial charge in [-0.3, -0.25) is 0 Å². The van der Waals surface area contributed by atoms with E-state index < -0.39 is 0 Å². The molecule has 0 radical (unpaired) electrons. The van der Waals surface area contributed by atoms with E-state index in [4.69, 9.17) is 0 Å². The normalized spacial score (nSPS) is 13.9. The van der Waals surface area contributed by atoms with E-state index in [0.29, 0.717) is 11.8 Å². The molecule has 0 bridgehead atoms. The quantitative estimate of drug-likeness (QED) is 0.582. The molecule has 0 saturated heterocycles. The Labute approximate surface area is 130 Å². The zero-order chi connectivity index (χ0) is 15.2. The Kier molecular flexibility index (Phi) is 5.61. The third kappa shape index (κ3) is 3.97. The second kappa shape index (κ2) is 7.45. The lowest BCUT2D eigenvalue weighted by Crippen LogP contribution is -2.03. The van der Waals surface area contributed by atoms with Gasteiger partial charge >= 0.3 is 0 Å². The van der Waals surface area contributed by atoms with E-state index in [1.54, 1.807) is 11.1 Å². The molecule has 0 spiro atoms. The van der Waals surface area contributed by atoms with Gasteiger partial charge in [-0.2, -0.15) is 0 Å². The minimum atomic E-state index is 0.643. The van der Waals surface area contributed by atoms with Crippen LogP contribution in [0.4, 0.5) is 0 Å². The Bertz CT molecular complexity index is 554. The largest absolute Gasteiger partial charge is 0.0648 e. The summed E-state index contributed by atoms with van der Waals surface area (Å²) in [5, 5.41) is 0. The molecule has 2 atom stereocenters. The van der Waals surface area contributed by atoms with Gasteiger partial charge in [-0.15, -0.1) is 0 Å². The first-order valence-corrected chi connectivity index (χ1v) is 8.32. The van der Waals surface area contributed by atoms with Crippen molar-refractivity contribution in [1.82, 2.24) is 0 Å². The summed E-state index contributed by atoms with van der Waals surface area (Å²) in [6, 6.07) is 17.9. The van der Waals surface area contributed by atoms with Crippen LogP contribution in [0.5, 0.6) is 0 Å². The fourth-order valence-corrected chi connectivity index (χ4v) is 2.88. The summed E-state index contributed by atoms with van der Waals surface area (Å²) >= 11 is 0. The van der Waals surface area contributed by atoms with Crippen molar-refractivity contribution in [2.75, 3.05) is 0 Å². The Morgan fingerprint density at radius 2 is 1.33 bits per heavy atom. The number of hydrogen-bond donors (Lipinski definition) is 0. The molecule has 0 aliphatic carbocycles. The van der Waals surface area contributed by atoms with Crippen LogP contribution in [0.2, 0.25) is 0 Å². The van der Waals surface area contributed by atoms with Crippen molar-refractivity contribution in [2.45, 2.75) is 58.8 Å². The number of benzene rings is 2. The van der Waals surface area contributed by atoms with E-state index >= 15 is 0 Å². The molecule has 0 N–H and O–H groups in total. The highest BCUT2D eigenvalue weighted by Gasteiger charge is 2.14. The van der Waals surface area contributed by atoms with Gasteiger partial charge in [0.1, 0.15) is 0 Å². The van der Waals surface area contributed by atoms with E-state index in [9.17, 15) is 0 Å². The van der Waals surface area contributed by atoms with Gasteiger partial charge in [0, 0.05) is 0 Å². The van der Waals surface area contributed by atoms with Gasteiger partial charge in [-0.05, 0) is 53.4 Å². The second-order valence-electron chi connectivity index (χ2n) is 6.24. The van der Waals surface area contributed by atoms with Crippen molar-refractivity contribution in [3.63, 3.8) is 0 Å². The number of hydrogen-bond acceptors (Lipinski definition) is 0. The van der Waals surface area contributed by atoms with Crippen LogP contribution in [-0.2, 0) is 6.42 Å². The van der Waals surface area contributed by atoms with Gasteiger partial charge in [-0.25, -0.2) is 0 Å². The minimum Gasteiger partial charge on any atom is -0.0648 e. The SMILES string of the molecule is CCC(C)c1ccc(Cc2ccccc2)cc1C(C)CC. The minimum absolute atomic E-state index is 0.643. The first-order valence-electron chi connectivity index (χ1n) is 8.32. The maximum absolute atomic E-state index is 2.45. The zero-order valence-electron chi connectivity index (χ0n) is 13.9. The van der Waals surface area contributed by atoms with Crippen LogP contribution in [0.1, 0.15) is 74.6 Å². The molecule has 2 rings (SSSR count). The smallest absolute Gasteiger partial charge is 0.00257 e. The third-order valence-electron chi connectivity index (χ3n) is 4.69. The van der Waals surface area contributed by atoms with Crippen molar-refractivity contribution < 1.29 is 0 Å². The van der Waals surface area contributed by atoms with Gasteiger partial charge in [0.05, 0.1) is 0 Å². The van der Waals surface area contributed by atoms with E-state index in [2.05, 4.69) is 76.2 Å². The van der Waals surface area contributed by atoms with Crippen LogP contribution in [-0.4, -0.2) is 0 Å². The summed E-state index contributed by atoms with van der Waals surface area (Å²) in [6.45, 7) is 9.27. The zero-order valence-corrected chi connectivity index (χ0v) is 13.9. The summed E-state index contributed by atoms with van der Waals surface area (Å²) < 4.78 is 0. The molecule has 2 aromatic rings. The Morgan fingerprint density at radius 3 is 1.95 bits per heavy atom. The molecule has 2 aromatic carbocycles. The molecular formula is C21H28. The van der Waals surface area contributed by atoms with Crippen LogP contribution in [0, 0.1) is 0 Å². The molecule has 2 unspecified atom stereocenters. The lowest BCUT2D eigenvalue weighted by Gasteiger charge is -2.20. The molecule has 0 heterocycles. The molecule has 0 saturated carbocycles. The average molecular weight is 280 g/mol. The number of rotatable bonds is 6.